The Morgan fingerprint density at radius 1 is 1.24 bits per heavy atom. The van der Waals surface area contributed by atoms with Crippen LogP contribution in [-0.4, -0.2) is 10.2 Å². The lowest BCUT2D eigenvalue weighted by atomic mass is 10.2. The van der Waals surface area contributed by atoms with Crippen molar-refractivity contribution >= 4 is 22.5 Å². The second kappa shape index (κ2) is 4.39. The normalized spacial score (nSPS) is 13.6. The van der Waals surface area contributed by atoms with E-state index in [0.29, 0.717) is 5.76 Å². The van der Waals surface area contributed by atoms with Crippen LogP contribution in [0.15, 0.2) is 50.9 Å². The van der Waals surface area contributed by atoms with Gasteiger partial charge in [-0.05, 0) is 35.5 Å². The van der Waals surface area contributed by atoms with Crippen LogP contribution in [0.2, 0.25) is 0 Å². The monoisotopic (exact) mass is 245 g/mol. The standard InChI is InChI=1S/C13H11NO2S/c15-8-10-5-6-13(16-10)17-12-7-9-3-1-2-4-11(9)14-12/h1-6,15H,7-8H2. The molecule has 0 bridgehead atoms. The van der Waals surface area contributed by atoms with Crippen molar-refractivity contribution in [1.82, 2.24) is 0 Å². The lowest BCUT2D eigenvalue weighted by Crippen LogP contribution is -1.90. The minimum absolute atomic E-state index is 0.0622. The van der Waals surface area contributed by atoms with Crippen LogP contribution in [0.5, 0.6) is 0 Å². The molecule has 17 heavy (non-hydrogen) atoms. The molecule has 3 nitrogen and oxygen atoms in total. The van der Waals surface area contributed by atoms with E-state index in [2.05, 4.69) is 11.1 Å². The zero-order chi connectivity index (χ0) is 11.7. The number of hydrogen-bond acceptors (Lipinski definition) is 4. The van der Waals surface area contributed by atoms with Crippen molar-refractivity contribution in [3.63, 3.8) is 0 Å². The Labute approximate surface area is 103 Å². The molecule has 1 aliphatic rings. The highest BCUT2D eigenvalue weighted by Gasteiger charge is 2.16. The maximum Gasteiger partial charge on any atom is 0.166 e. The summed E-state index contributed by atoms with van der Waals surface area (Å²) in [7, 11) is 0. The van der Waals surface area contributed by atoms with E-state index >= 15 is 0 Å². The van der Waals surface area contributed by atoms with Crippen LogP contribution in [0, 0.1) is 0 Å². The summed E-state index contributed by atoms with van der Waals surface area (Å²) >= 11 is 1.52. The minimum atomic E-state index is -0.0622. The van der Waals surface area contributed by atoms with Gasteiger partial charge in [0.15, 0.2) is 5.09 Å². The van der Waals surface area contributed by atoms with Gasteiger partial charge >= 0.3 is 0 Å². The first-order valence-electron chi connectivity index (χ1n) is 5.38. The van der Waals surface area contributed by atoms with E-state index in [1.165, 1.54) is 17.3 Å². The fourth-order valence-electron chi connectivity index (χ4n) is 1.78. The summed E-state index contributed by atoms with van der Waals surface area (Å²) in [5, 5.41) is 10.7. The molecular formula is C13H11NO2S. The number of hydrogen-bond donors (Lipinski definition) is 1. The molecule has 0 spiro atoms. The summed E-state index contributed by atoms with van der Waals surface area (Å²) in [4.78, 5) is 4.54. The number of aliphatic imine (C=N–C) groups is 1. The number of benzene rings is 1. The number of para-hydroxylation sites is 1. The van der Waals surface area contributed by atoms with E-state index in [1.807, 2.05) is 24.3 Å². The summed E-state index contributed by atoms with van der Waals surface area (Å²) in [6, 6.07) is 11.8. The van der Waals surface area contributed by atoms with Gasteiger partial charge in [-0.25, -0.2) is 4.99 Å². The maximum atomic E-state index is 8.92. The molecule has 0 unspecified atom stereocenters. The highest BCUT2D eigenvalue weighted by Crippen LogP contribution is 2.33. The zero-order valence-corrected chi connectivity index (χ0v) is 9.91. The molecule has 0 radical (unpaired) electrons. The number of aliphatic hydroxyl groups is 1. The van der Waals surface area contributed by atoms with Crippen LogP contribution >= 0.6 is 11.8 Å². The molecule has 0 atom stereocenters. The van der Waals surface area contributed by atoms with Gasteiger partial charge in [-0.15, -0.1) is 0 Å². The van der Waals surface area contributed by atoms with E-state index in [1.54, 1.807) is 6.07 Å². The molecule has 0 aliphatic carbocycles. The number of nitrogens with zero attached hydrogens (tertiary/aromatic N) is 1. The largest absolute Gasteiger partial charge is 0.452 e. The summed E-state index contributed by atoms with van der Waals surface area (Å²) in [6.07, 6.45) is 0.857. The topological polar surface area (TPSA) is 45.7 Å². The first kappa shape index (κ1) is 10.6. The van der Waals surface area contributed by atoms with Gasteiger partial charge in [-0.1, -0.05) is 18.2 Å². The van der Waals surface area contributed by atoms with Gasteiger partial charge < -0.3 is 9.52 Å². The first-order chi connectivity index (χ1) is 8.35. The van der Waals surface area contributed by atoms with Gasteiger partial charge in [-0.2, -0.15) is 0 Å². The van der Waals surface area contributed by atoms with Gasteiger partial charge in [0.25, 0.3) is 0 Å². The Kier molecular flexibility index (Phi) is 2.74. The number of rotatable bonds is 2. The second-order valence-corrected chi connectivity index (χ2v) is 4.87. The molecule has 1 aliphatic heterocycles. The van der Waals surface area contributed by atoms with Crippen molar-refractivity contribution in [2.75, 3.05) is 0 Å². The third-order valence-corrected chi connectivity index (χ3v) is 3.48. The van der Waals surface area contributed by atoms with Crippen molar-refractivity contribution in [3.05, 3.63) is 47.7 Å². The Bertz CT molecular complexity index is 574. The third kappa shape index (κ3) is 2.14. The van der Waals surface area contributed by atoms with Crippen LogP contribution < -0.4 is 0 Å². The van der Waals surface area contributed by atoms with Crippen molar-refractivity contribution in [2.24, 2.45) is 4.99 Å². The van der Waals surface area contributed by atoms with Gasteiger partial charge in [0, 0.05) is 6.42 Å². The molecule has 4 heteroatoms. The zero-order valence-electron chi connectivity index (χ0n) is 9.09. The Morgan fingerprint density at radius 2 is 2.12 bits per heavy atom. The highest BCUT2D eigenvalue weighted by molar-refractivity contribution is 8.13. The lowest BCUT2D eigenvalue weighted by Gasteiger charge is -1.95. The summed E-state index contributed by atoms with van der Waals surface area (Å²) in [5.74, 6) is 0.587. The van der Waals surface area contributed by atoms with E-state index in [4.69, 9.17) is 9.52 Å². The number of furan rings is 1. The predicted octanol–water partition coefficient (Wildman–Crippen LogP) is 3.15. The van der Waals surface area contributed by atoms with E-state index in [0.717, 1.165) is 22.2 Å². The van der Waals surface area contributed by atoms with Crippen LogP contribution in [0.25, 0.3) is 0 Å². The molecule has 2 heterocycles. The van der Waals surface area contributed by atoms with Crippen molar-refractivity contribution in [2.45, 2.75) is 18.1 Å². The van der Waals surface area contributed by atoms with Gasteiger partial charge in [0.05, 0.1) is 10.7 Å². The Morgan fingerprint density at radius 3 is 2.88 bits per heavy atom. The maximum absolute atomic E-state index is 8.92. The molecule has 3 rings (SSSR count). The van der Waals surface area contributed by atoms with E-state index in [9.17, 15) is 0 Å². The Hall–Kier alpha value is -1.52. The van der Waals surface area contributed by atoms with Crippen LogP contribution in [0.3, 0.4) is 0 Å². The Balaban J connectivity index is 1.76. The molecule has 0 saturated heterocycles. The second-order valence-electron chi connectivity index (χ2n) is 3.79. The summed E-state index contributed by atoms with van der Waals surface area (Å²) in [6.45, 7) is -0.0622. The molecule has 2 aromatic rings. The van der Waals surface area contributed by atoms with Crippen molar-refractivity contribution < 1.29 is 9.52 Å². The van der Waals surface area contributed by atoms with Crippen molar-refractivity contribution in [3.8, 4) is 0 Å². The van der Waals surface area contributed by atoms with Crippen LogP contribution in [0.4, 0.5) is 5.69 Å². The van der Waals surface area contributed by atoms with Crippen LogP contribution in [-0.2, 0) is 13.0 Å². The fraction of sp³-hybridized carbons (Fsp3) is 0.154. The SMILES string of the molecule is OCc1ccc(SC2=Nc3ccccc3C2)o1. The molecule has 0 amide bonds. The molecule has 1 aromatic heterocycles. The van der Waals surface area contributed by atoms with Crippen LogP contribution in [0.1, 0.15) is 11.3 Å². The lowest BCUT2D eigenvalue weighted by molar-refractivity contribution is 0.237. The first-order valence-corrected chi connectivity index (χ1v) is 6.20. The molecule has 1 aromatic carbocycles. The van der Waals surface area contributed by atoms with Crippen molar-refractivity contribution in [1.29, 1.82) is 0 Å². The average Bonchev–Trinajstić information content (AvgIpc) is 2.94. The fourth-order valence-corrected chi connectivity index (χ4v) is 2.67. The quantitative estimate of drug-likeness (QED) is 0.884. The highest BCUT2D eigenvalue weighted by atomic mass is 32.2. The molecule has 0 fully saturated rings. The molecule has 0 saturated carbocycles. The average molecular weight is 245 g/mol. The predicted molar refractivity (Wildman–Crippen MR) is 67.7 cm³/mol. The number of thioether (sulfide) groups is 1. The van der Waals surface area contributed by atoms with Gasteiger partial charge in [-0.3, -0.25) is 0 Å². The minimum Gasteiger partial charge on any atom is -0.452 e. The summed E-state index contributed by atoms with van der Waals surface area (Å²) < 4.78 is 5.43. The summed E-state index contributed by atoms with van der Waals surface area (Å²) in [5.41, 5.74) is 2.30. The van der Waals surface area contributed by atoms with E-state index < -0.39 is 0 Å². The number of fused-ring (bicyclic) bond motifs is 1. The van der Waals surface area contributed by atoms with E-state index in [-0.39, 0.29) is 6.61 Å². The number of aliphatic hydroxyl groups excluding tert-OH is 1. The van der Waals surface area contributed by atoms with Gasteiger partial charge in [0.1, 0.15) is 12.4 Å². The van der Waals surface area contributed by atoms with Gasteiger partial charge in [0.2, 0.25) is 0 Å². The third-order valence-electron chi connectivity index (χ3n) is 2.59. The molecule has 86 valence electrons. The molecule has 1 N–H and O–H groups in total. The molecular weight excluding hydrogens is 234 g/mol. The smallest absolute Gasteiger partial charge is 0.166 e.